The molecule has 1 aromatic carbocycles. The number of hydrogen-bond acceptors (Lipinski definition) is 8. The van der Waals surface area contributed by atoms with Crippen LogP contribution in [0.5, 0.6) is 11.6 Å². The maximum Gasteiger partial charge on any atom is 0.322 e. The number of aromatic nitrogens is 5. The van der Waals surface area contributed by atoms with Crippen molar-refractivity contribution in [3.05, 3.63) is 36.5 Å². The van der Waals surface area contributed by atoms with Crippen LogP contribution in [0.3, 0.4) is 0 Å². The van der Waals surface area contributed by atoms with Crippen LogP contribution in [0.2, 0.25) is 0 Å². The van der Waals surface area contributed by atoms with E-state index in [2.05, 4.69) is 30.5 Å². The van der Waals surface area contributed by atoms with Gasteiger partial charge in [-0.25, -0.2) is 9.97 Å². The molecule has 0 spiro atoms. The van der Waals surface area contributed by atoms with E-state index in [0.717, 1.165) is 16.8 Å². The second-order valence-corrected chi connectivity index (χ2v) is 6.03. The number of fused-ring (bicyclic) bond motifs is 1. The molecule has 4 aromatic rings. The summed E-state index contributed by atoms with van der Waals surface area (Å²) < 4.78 is 16.5. The maximum atomic E-state index is 5.67. The molecule has 0 saturated heterocycles. The van der Waals surface area contributed by atoms with E-state index in [1.54, 1.807) is 19.4 Å². The Morgan fingerprint density at radius 2 is 1.93 bits per heavy atom. The molecule has 0 saturated carbocycles. The molecule has 3 heterocycles. The molecule has 9 heteroatoms. The Morgan fingerprint density at radius 3 is 2.67 bits per heavy atom. The quantitative estimate of drug-likeness (QED) is 0.533. The van der Waals surface area contributed by atoms with Crippen molar-refractivity contribution in [3.63, 3.8) is 0 Å². The molecule has 2 N–H and O–H groups in total. The lowest BCUT2D eigenvalue weighted by Crippen LogP contribution is -2.05. The van der Waals surface area contributed by atoms with Crippen LogP contribution in [0.1, 0.15) is 13.8 Å². The summed E-state index contributed by atoms with van der Waals surface area (Å²) in [6.07, 6.45) is 1.76. The third-order valence-electron chi connectivity index (χ3n) is 3.68. The Morgan fingerprint density at radius 1 is 1.11 bits per heavy atom. The van der Waals surface area contributed by atoms with Crippen molar-refractivity contribution < 1.29 is 13.9 Å². The van der Waals surface area contributed by atoms with Gasteiger partial charge in [-0.3, -0.25) is 5.32 Å². The van der Waals surface area contributed by atoms with Crippen molar-refractivity contribution in [3.8, 4) is 23.1 Å². The monoisotopic (exact) mass is 366 g/mol. The lowest BCUT2D eigenvalue weighted by molar-refractivity contribution is 0.242. The molecule has 9 nitrogen and oxygen atoms in total. The average Bonchev–Trinajstić information content (AvgIpc) is 3.28. The molecule has 27 heavy (non-hydrogen) atoms. The van der Waals surface area contributed by atoms with Gasteiger partial charge in [0.05, 0.1) is 18.7 Å². The van der Waals surface area contributed by atoms with Gasteiger partial charge in [0.15, 0.2) is 5.52 Å². The van der Waals surface area contributed by atoms with Crippen molar-refractivity contribution >= 4 is 23.0 Å². The van der Waals surface area contributed by atoms with E-state index in [9.17, 15) is 0 Å². The molecule has 0 unspecified atom stereocenters. The smallest absolute Gasteiger partial charge is 0.322 e. The van der Waals surface area contributed by atoms with Crippen LogP contribution in [0.25, 0.3) is 22.5 Å². The van der Waals surface area contributed by atoms with Gasteiger partial charge in [-0.1, -0.05) is 5.10 Å². The number of rotatable bonds is 6. The predicted molar refractivity (Wildman–Crippen MR) is 99.2 cm³/mol. The van der Waals surface area contributed by atoms with E-state index in [1.807, 2.05) is 38.1 Å². The average molecular weight is 366 g/mol. The number of methoxy groups -OCH3 is 1. The van der Waals surface area contributed by atoms with Crippen molar-refractivity contribution in [1.82, 2.24) is 25.1 Å². The zero-order valence-corrected chi connectivity index (χ0v) is 15.1. The number of nitrogens with one attached hydrogen (secondary N) is 2. The Balaban J connectivity index is 1.53. The van der Waals surface area contributed by atoms with E-state index in [1.165, 1.54) is 0 Å². The van der Waals surface area contributed by atoms with Gasteiger partial charge in [0.25, 0.3) is 0 Å². The van der Waals surface area contributed by atoms with E-state index in [-0.39, 0.29) is 12.1 Å². The molecule has 138 valence electrons. The largest absolute Gasteiger partial charge is 0.491 e. The second kappa shape index (κ2) is 6.94. The highest BCUT2D eigenvalue weighted by atomic mass is 16.5. The van der Waals surface area contributed by atoms with Crippen LogP contribution in [0.4, 0.5) is 12.0 Å². The SMILES string of the molecule is COc1nccc2[nH]c(Nc3nnc(-c4ccc(OC(C)C)cc4)o3)nc12. The number of aromatic amines is 1. The number of ether oxygens (including phenoxy) is 2. The molecule has 3 aromatic heterocycles. The zero-order chi connectivity index (χ0) is 18.8. The molecular weight excluding hydrogens is 348 g/mol. The van der Waals surface area contributed by atoms with Crippen molar-refractivity contribution in [2.75, 3.05) is 12.4 Å². The number of imidazole rings is 1. The van der Waals surface area contributed by atoms with Crippen molar-refractivity contribution in [2.45, 2.75) is 20.0 Å². The summed E-state index contributed by atoms with van der Waals surface area (Å²) in [4.78, 5) is 11.6. The van der Waals surface area contributed by atoms with Crippen LogP contribution in [-0.2, 0) is 0 Å². The molecule has 0 radical (unpaired) electrons. The van der Waals surface area contributed by atoms with Gasteiger partial charge in [0, 0.05) is 11.8 Å². The summed E-state index contributed by atoms with van der Waals surface area (Å²) in [7, 11) is 1.55. The molecule has 0 atom stereocenters. The number of nitrogens with zero attached hydrogens (tertiary/aromatic N) is 4. The molecule has 0 aliphatic rings. The van der Waals surface area contributed by atoms with Crippen molar-refractivity contribution in [1.29, 1.82) is 0 Å². The van der Waals surface area contributed by atoms with Gasteiger partial charge < -0.3 is 18.9 Å². The van der Waals surface area contributed by atoms with Crippen LogP contribution >= 0.6 is 0 Å². The number of hydrogen-bond donors (Lipinski definition) is 2. The Bertz CT molecular complexity index is 1050. The van der Waals surface area contributed by atoms with E-state index in [4.69, 9.17) is 13.9 Å². The first-order valence-electron chi connectivity index (χ1n) is 8.38. The van der Waals surface area contributed by atoms with Gasteiger partial charge in [0.2, 0.25) is 17.7 Å². The highest BCUT2D eigenvalue weighted by Gasteiger charge is 2.13. The summed E-state index contributed by atoms with van der Waals surface area (Å²) >= 11 is 0. The molecule has 0 bridgehead atoms. The summed E-state index contributed by atoms with van der Waals surface area (Å²) in [5.74, 6) is 2.07. The minimum atomic E-state index is 0.118. The van der Waals surface area contributed by atoms with Gasteiger partial charge in [-0.15, -0.1) is 5.10 Å². The summed E-state index contributed by atoms with van der Waals surface area (Å²) in [6, 6.07) is 9.49. The highest BCUT2D eigenvalue weighted by Crippen LogP contribution is 2.26. The fraction of sp³-hybridized carbons (Fsp3) is 0.222. The molecule has 0 aliphatic carbocycles. The third-order valence-corrected chi connectivity index (χ3v) is 3.68. The predicted octanol–water partition coefficient (Wildman–Crippen LogP) is 3.55. The first-order chi connectivity index (χ1) is 13.1. The van der Waals surface area contributed by atoms with Crippen LogP contribution in [0, 0.1) is 0 Å². The highest BCUT2D eigenvalue weighted by molar-refractivity contribution is 5.82. The minimum Gasteiger partial charge on any atom is -0.491 e. The van der Waals surface area contributed by atoms with Gasteiger partial charge in [0.1, 0.15) is 5.75 Å². The lowest BCUT2D eigenvalue weighted by Gasteiger charge is -2.09. The lowest BCUT2D eigenvalue weighted by atomic mass is 10.2. The molecular formula is C18H18N6O3. The van der Waals surface area contributed by atoms with E-state index in [0.29, 0.717) is 23.2 Å². The van der Waals surface area contributed by atoms with Crippen LogP contribution in [-0.4, -0.2) is 38.4 Å². The third kappa shape index (κ3) is 3.52. The summed E-state index contributed by atoms with van der Waals surface area (Å²) in [5.41, 5.74) is 2.19. The minimum absolute atomic E-state index is 0.118. The fourth-order valence-corrected chi connectivity index (χ4v) is 2.56. The second-order valence-electron chi connectivity index (χ2n) is 6.03. The van der Waals surface area contributed by atoms with Crippen LogP contribution < -0.4 is 14.8 Å². The van der Waals surface area contributed by atoms with E-state index >= 15 is 0 Å². The Labute approximate surface area is 154 Å². The number of benzene rings is 1. The topological polar surface area (TPSA) is 111 Å². The molecule has 4 rings (SSSR count). The van der Waals surface area contributed by atoms with Crippen molar-refractivity contribution in [2.24, 2.45) is 0 Å². The fourth-order valence-electron chi connectivity index (χ4n) is 2.56. The summed E-state index contributed by atoms with van der Waals surface area (Å²) in [5, 5.41) is 11.0. The number of H-pyrrole nitrogens is 1. The molecule has 0 aliphatic heterocycles. The van der Waals surface area contributed by atoms with Crippen LogP contribution in [0.15, 0.2) is 40.9 Å². The normalized spacial score (nSPS) is 11.1. The first kappa shape index (κ1) is 16.8. The summed E-state index contributed by atoms with van der Waals surface area (Å²) in [6.45, 7) is 3.96. The maximum absolute atomic E-state index is 5.67. The standard InChI is InChI=1S/C18H18N6O3/c1-10(2)26-12-6-4-11(5-7-12)15-23-24-18(27-15)22-17-20-13-8-9-19-16(25-3)14(13)21-17/h4-10H,1-3H3,(H2,20,21,22,24). The van der Waals surface area contributed by atoms with Gasteiger partial charge in [-0.2, -0.15) is 0 Å². The molecule has 0 amide bonds. The number of anilines is 2. The van der Waals surface area contributed by atoms with Gasteiger partial charge in [-0.05, 0) is 44.2 Å². The first-order valence-corrected chi connectivity index (χ1v) is 8.38. The molecule has 0 fully saturated rings. The number of pyridine rings is 1. The zero-order valence-electron chi connectivity index (χ0n) is 15.1. The van der Waals surface area contributed by atoms with E-state index < -0.39 is 0 Å². The Kier molecular flexibility index (Phi) is 4.33. The Hall–Kier alpha value is -3.62. The van der Waals surface area contributed by atoms with Gasteiger partial charge >= 0.3 is 6.01 Å².